The zero-order valence-corrected chi connectivity index (χ0v) is 9.80. The summed E-state index contributed by atoms with van der Waals surface area (Å²) in [7, 11) is 0. The number of benzene rings is 1. The highest BCUT2D eigenvalue weighted by molar-refractivity contribution is 9.10. The molecule has 1 heterocycles. The van der Waals surface area contributed by atoms with Gasteiger partial charge in [0.05, 0.1) is 0 Å². The second-order valence-corrected chi connectivity index (χ2v) is 4.50. The van der Waals surface area contributed by atoms with Gasteiger partial charge in [-0.2, -0.15) is 0 Å². The molecule has 0 saturated carbocycles. The number of nitrogens with one attached hydrogen (secondary N) is 1. The van der Waals surface area contributed by atoms with Crippen LogP contribution in [0.15, 0.2) is 22.7 Å². The van der Waals surface area contributed by atoms with Gasteiger partial charge in [-0.25, -0.2) is 0 Å². The predicted octanol–water partition coefficient (Wildman–Crippen LogP) is 2.50. The summed E-state index contributed by atoms with van der Waals surface area (Å²) in [6, 6.07) is 6.12. The Morgan fingerprint density at radius 1 is 1.50 bits per heavy atom. The van der Waals surface area contributed by atoms with Gasteiger partial charge in [-0.3, -0.25) is 0 Å². The maximum absolute atomic E-state index is 5.83. The first-order chi connectivity index (χ1) is 6.75. The van der Waals surface area contributed by atoms with Crippen LogP contribution in [0.2, 0.25) is 0 Å². The van der Waals surface area contributed by atoms with E-state index in [1.54, 1.807) is 0 Å². The summed E-state index contributed by atoms with van der Waals surface area (Å²) >= 11 is 3.47. The van der Waals surface area contributed by atoms with Gasteiger partial charge in [0, 0.05) is 11.0 Å². The maximum Gasteiger partial charge on any atom is 0.120 e. The van der Waals surface area contributed by atoms with Crippen LogP contribution in [-0.2, 0) is 0 Å². The third kappa shape index (κ3) is 2.28. The molecule has 1 saturated heterocycles. The molecule has 0 aliphatic carbocycles. The summed E-state index contributed by atoms with van der Waals surface area (Å²) in [6.07, 6.45) is 1.45. The Bertz CT molecular complexity index is 321. The fraction of sp³-hybridized carbons (Fsp3) is 0.455. The Morgan fingerprint density at radius 3 is 3.00 bits per heavy atom. The molecular weight excluding hydrogens is 242 g/mol. The van der Waals surface area contributed by atoms with Crippen LogP contribution < -0.4 is 10.1 Å². The predicted molar refractivity (Wildman–Crippen MR) is 60.8 cm³/mol. The van der Waals surface area contributed by atoms with E-state index in [1.165, 1.54) is 5.56 Å². The van der Waals surface area contributed by atoms with Gasteiger partial charge in [0.25, 0.3) is 0 Å². The number of ether oxygens (including phenoxy) is 1. The third-order valence-corrected chi connectivity index (χ3v) is 3.34. The molecule has 1 aromatic rings. The van der Waals surface area contributed by atoms with E-state index in [0.717, 1.165) is 29.7 Å². The Labute approximate surface area is 92.8 Å². The lowest BCUT2D eigenvalue weighted by Crippen LogP contribution is -2.19. The number of hydrogen-bond donors (Lipinski definition) is 1. The van der Waals surface area contributed by atoms with Crippen LogP contribution in [0, 0.1) is 6.92 Å². The molecule has 2 rings (SSSR count). The van der Waals surface area contributed by atoms with Gasteiger partial charge >= 0.3 is 0 Å². The van der Waals surface area contributed by atoms with Crippen LogP contribution in [0.3, 0.4) is 0 Å². The molecule has 76 valence electrons. The highest BCUT2D eigenvalue weighted by Gasteiger charge is 2.15. The quantitative estimate of drug-likeness (QED) is 0.877. The average Bonchev–Trinajstić information content (AvgIpc) is 2.64. The van der Waals surface area contributed by atoms with E-state index in [9.17, 15) is 0 Å². The zero-order chi connectivity index (χ0) is 9.97. The van der Waals surface area contributed by atoms with Gasteiger partial charge in [0.1, 0.15) is 11.9 Å². The highest BCUT2D eigenvalue weighted by Crippen LogP contribution is 2.23. The average molecular weight is 256 g/mol. The van der Waals surface area contributed by atoms with Crippen molar-refractivity contribution in [2.24, 2.45) is 0 Å². The standard InChI is InChI=1S/C11H14BrNO/c1-8-6-9(2-3-11(8)12)14-10-4-5-13-7-10/h2-3,6,10,13H,4-5,7H2,1H3. The van der Waals surface area contributed by atoms with Crippen molar-refractivity contribution >= 4 is 15.9 Å². The first kappa shape index (κ1) is 9.99. The van der Waals surface area contributed by atoms with Crippen LogP contribution in [0.25, 0.3) is 0 Å². The van der Waals surface area contributed by atoms with Crippen molar-refractivity contribution in [2.45, 2.75) is 19.4 Å². The molecule has 1 unspecified atom stereocenters. The van der Waals surface area contributed by atoms with Crippen LogP contribution >= 0.6 is 15.9 Å². The van der Waals surface area contributed by atoms with E-state index in [-0.39, 0.29) is 0 Å². The van der Waals surface area contributed by atoms with E-state index in [4.69, 9.17) is 4.74 Å². The van der Waals surface area contributed by atoms with Crippen molar-refractivity contribution in [3.8, 4) is 5.75 Å². The fourth-order valence-corrected chi connectivity index (χ4v) is 1.86. The summed E-state index contributed by atoms with van der Waals surface area (Å²) in [6.45, 7) is 4.11. The third-order valence-electron chi connectivity index (χ3n) is 2.45. The van der Waals surface area contributed by atoms with Crippen LogP contribution in [0.4, 0.5) is 0 Å². The molecule has 1 aromatic carbocycles. The summed E-state index contributed by atoms with van der Waals surface area (Å²) in [5.74, 6) is 0.972. The van der Waals surface area contributed by atoms with E-state index in [2.05, 4.69) is 34.2 Å². The maximum atomic E-state index is 5.83. The summed E-state index contributed by atoms with van der Waals surface area (Å²) in [4.78, 5) is 0. The van der Waals surface area contributed by atoms with Gasteiger partial charge in [0.2, 0.25) is 0 Å². The SMILES string of the molecule is Cc1cc(OC2CCNC2)ccc1Br. The molecule has 1 aliphatic heterocycles. The molecule has 0 radical (unpaired) electrons. The summed E-state index contributed by atoms with van der Waals surface area (Å²) in [5, 5.41) is 3.28. The second kappa shape index (κ2) is 4.32. The fourth-order valence-electron chi connectivity index (χ4n) is 1.61. The summed E-state index contributed by atoms with van der Waals surface area (Å²) < 4.78 is 6.96. The zero-order valence-electron chi connectivity index (χ0n) is 8.22. The highest BCUT2D eigenvalue weighted by atomic mass is 79.9. The van der Waals surface area contributed by atoms with E-state index >= 15 is 0 Å². The minimum Gasteiger partial charge on any atom is -0.489 e. The lowest BCUT2D eigenvalue weighted by atomic mass is 10.2. The molecule has 0 spiro atoms. The van der Waals surface area contributed by atoms with Crippen LogP contribution in [-0.4, -0.2) is 19.2 Å². The molecule has 3 heteroatoms. The molecule has 0 aromatic heterocycles. The lowest BCUT2D eigenvalue weighted by molar-refractivity contribution is 0.223. The van der Waals surface area contributed by atoms with E-state index in [1.807, 2.05) is 12.1 Å². The van der Waals surface area contributed by atoms with Crippen molar-refractivity contribution < 1.29 is 4.74 Å². The van der Waals surface area contributed by atoms with E-state index in [0.29, 0.717) is 6.10 Å². The van der Waals surface area contributed by atoms with Crippen molar-refractivity contribution in [2.75, 3.05) is 13.1 Å². The van der Waals surface area contributed by atoms with Gasteiger partial charge in [-0.15, -0.1) is 0 Å². The molecule has 1 fully saturated rings. The van der Waals surface area contributed by atoms with Crippen molar-refractivity contribution in [3.63, 3.8) is 0 Å². The van der Waals surface area contributed by atoms with Crippen molar-refractivity contribution in [1.29, 1.82) is 0 Å². The largest absolute Gasteiger partial charge is 0.489 e. The molecule has 1 atom stereocenters. The van der Waals surface area contributed by atoms with Crippen LogP contribution in [0.5, 0.6) is 5.75 Å². The first-order valence-corrected chi connectivity index (χ1v) is 5.68. The smallest absolute Gasteiger partial charge is 0.120 e. The number of rotatable bonds is 2. The van der Waals surface area contributed by atoms with Gasteiger partial charge < -0.3 is 10.1 Å². The minimum absolute atomic E-state index is 0.343. The van der Waals surface area contributed by atoms with E-state index < -0.39 is 0 Å². The normalized spacial score (nSPS) is 21.1. The number of hydrogen-bond acceptors (Lipinski definition) is 2. The minimum atomic E-state index is 0.343. The van der Waals surface area contributed by atoms with Gasteiger partial charge in [-0.05, 0) is 43.7 Å². The Hall–Kier alpha value is -0.540. The Morgan fingerprint density at radius 2 is 2.36 bits per heavy atom. The molecular formula is C11H14BrNO. The van der Waals surface area contributed by atoms with Gasteiger partial charge in [0.15, 0.2) is 0 Å². The van der Waals surface area contributed by atoms with Crippen molar-refractivity contribution in [3.05, 3.63) is 28.2 Å². The van der Waals surface area contributed by atoms with Crippen LogP contribution in [0.1, 0.15) is 12.0 Å². The first-order valence-electron chi connectivity index (χ1n) is 4.89. The number of halogens is 1. The molecule has 0 bridgehead atoms. The lowest BCUT2D eigenvalue weighted by Gasteiger charge is -2.13. The van der Waals surface area contributed by atoms with Gasteiger partial charge in [-0.1, -0.05) is 15.9 Å². The molecule has 14 heavy (non-hydrogen) atoms. The summed E-state index contributed by atoms with van der Waals surface area (Å²) in [5.41, 5.74) is 1.22. The Balaban J connectivity index is 2.05. The topological polar surface area (TPSA) is 21.3 Å². The second-order valence-electron chi connectivity index (χ2n) is 3.64. The monoisotopic (exact) mass is 255 g/mol. The molecule has 1 N–H and O–H groups in total. The molecule has 1 aliphatic rings. The number of aryl methyl sites for hydroxylation is 1. The van der Waals surface area contributed by atoms with Crippen molar-refractivity contribution in [1.82, 2.24) is 5.32 Å². The Kier molecular flexibility index (Phi) is 3.08. The molecule has 0 amide bonds. The molecule has 2 nitrogen and oxygen atoms in total.